The van der Waals surface area contributed by atoms with E-state index in [1.807, 2.05) is 0 Å². The highest BCUT2D eigenvalue weighted by molar-refractivity contribution is 4.90. The Labute approximate surface area is 94.4 Å². The fourth-order valence-electron chi connectivity index (χ4n) is 3.18. The molecule has 1 unspecified atom stereocenters. The first-order valence-electron chi connectivity index (χ1n) is 6.69. The highest BCUT2D eigenvalue weighted by Crippen LogP contribution is 2.33. The van der Waals surface area contributed by atoms with Crippen molar-refractivity contribution in [3.63, 3.8) is 0 Å². The van der Waals surface area contributed by atoms with E-state index < -0.39 is 0 Å². The predicted octanol–water partition coefficient (Wildman–Crippen LogP) is 2.39. The molecule has 0 aromatic carbocycles. The Morgan fingerprint density at radius 1 is 1.13 bits per heavy atom. The second-order valence-electron chi connectivity index (χ2n) is 5.69. The fraction of sp³-hybridized carbons (Fsp3) is 1.00. The first kappa shape index (κ1) is 11.4. The molecule has 2 fully saturated rings. The first-order chi connectivity index (χ1) is 7.21. The zero-order valence-corrected chi connectivity index (χ0v) is 10.4. The standard InChI is InChI=1S/C13H26N2/c1-12-6-10-15(11-9-14-12)13(2)7-4-3-5-8-13/h12,14H,3-11H2,1-2H3. The first-order valence-corrected chi connectivity index (χ1v) is 6.69. The summed E-state index contributed by atoms with van der Waals surface area (Å²) in [6, 6.07) is 0.710. The largest absolute Gasteiger partial charge is 0.313 e. The van der Waals surface area contributed by atoms with Crippen molar-refractivity contribution in [2.24, 2.45) is 0 Å². The monoisotopic (exact) mass is 210 g/mol. The maximum atomic E-state index is 3.59. The van der Waals surface area contributed by atoms with E-state index in [0.29, 0.717) is 11.6 Å². The topological polar surface area (TPSA) is 15.3 Å². The van der Waals surface area contributed by atoms with Crippen molar-refractivity contribution < 1.29 is 0 Å². The van der Waals surface area contributed by atoms with Crippen molar-refractivity contribution in [2.45, 2.75) is 64.0 Å². The second kappa shape index (κ2) is 4.84. The van der Waals surface area contributed by atoms with Crippen LogP contribution in [-0.2, 0) is 0 Å². The lowest BCUT2D eigenvalue weighted by Gasteiger charge is -2.43. The molecule has 1 atom stereocenters. The van der Waals surface area contributed by atoms with Crippen LogP contribution in [0.5, 0.6) is 0 Å². The van der Waals surface area contributed by atoms with Crippen molar-refractivity contribution in [1.29, 1.82) is 0 Å². The van der Waals surface area contributed by atoms with Gasteiger partial charge in [-0.25, -0.2) is 0 Å². The van der Waals surface area contributed by atoms with Crippen LogP contribution in [0.4, 0.5) is 0 Å². The number of nitrogens with one attached hydrogen (secondary N) is 1. The van der Waals surface area contributed by atoms with Gasteiger partial charge in [0, 0.05) is 31.2 Å². The van der Waals surface area contributed by atoms with Crippen molar-refractivity contribution in [3.05, 3.63) is 0 Å². The van der Waals surface area contributed by atoms with Gasteiger partial charge in [0.15, 0.2) is 0 Å². The third kappa shape index (κ3) is 2.73. The predicted molar refractivity (Wildman–Crippen MR) is 65.1 cm³/mol. The van der Waals surface area contributed by atoms with Gasteiger partial charge in [-0.1, -0.05) is 19.3 Å². The van der Waals surface area contributed by atoms with E-state index >= 15 is 0 Å². The molecule has 1 heterocycles. The summed E-state index contributed by atoms with van der Waals surface area (Å²) >= 11 is 0. The molecule has 2 aliphatic rings. The summed E-state index contributed by atoms with van der Waals surface area (Å²) in [5.41, 5.74) is 0.518. The van der Waals surface area contributed by atoms with Crippen LogP contribution in [0.25, 0.3) is 0 Å². The van der Waals surface area contributed by atoms with E-state index in [-0.39, 0.29) is 0 Å². The molecule has 2 nitrogen and oxygen atoms in total. The van der Waals surface area contributed by atoms with Gasteiger partial charge in [0.25, 0.3) is 0 Å². The van der Waals surface area contributed by atoms with Crippen LogP contribution >= 0.6 is 0 Å². The lowest BCUT2D eigenvalue weighted by atomic mass is 9.81. The van der Waals surface area contributed by atoms with E-state index in [9.17, 15) is 0 Å². The summed E-state index contributed by atoms with van der Waals surface area (Å²) < 4.78 is 0. The number of hydrogen-bond acceptors (Lipinski definition) is 2. The molecule has 88 valence electrons. The zero-order chi connectivity index (χ0) is 10.7. The average molecular weight is 210 g/mol. The summed E-state index contributed by atoms with van der Waals surface area (Å²) in [7, 11) is 0. The zero-order valence-electron chi connectivity index (χ0n) is 10.4. The van der Waals surface area contributed by atoms with Crippen molar-refractivity contribution in [3.8, 4) is 0 Å². The molecule has 2 heteroatoms. The number of hydrogen-bond donors (Lipinski definition) is 1. The third-order valence-electron chi connectivity index (χ3n) is 4.40. The van der Waals surface area contributed by atoms with Crippen LogP contribution < -0.4 is 5.32 Å². The fourth-order valence-corrected chi connectivity index (χ4v) is 3.18. The van der Waals surface area contributed by atoms with E-state index in [4.69, 9.17) is 0 Å². The van der Waals surface area contributed by atoms with Gasteiger partial charge in [-0.05, 0) is 33.1 Å². The Balaban J connectivity index is 1.95. The molecule has 15 heavy (non-hydrogen) atoms. The van der Waals surface area contributed by atoms with Gasteiger partial charge in [-0.3, -0.25) is 4.90 Å². The second-order valence-corrected chi connectivity index (χ2v) is 5.69. The molecular weight excluding hydrogens is 184 g/mol. The van der Waals surface area contributed by atoms with Crippen molar-refractivity contribution >= 4 is 0 Å². The lowest BCUT2D eigenvalue weighted by molar-refractivity contribution is 0.0720. The molecule has 0 bridgehead atoms. The van der Waals surface area contributed by atoms with E-state index in [1.54, 1.807) is 0 Å². The van der Waals surface area contributed by atoms with Gasteiger partial charge in [0.2, 0.25) is 0 Å². The molecule has 0 aromatic heterocycles. The summed E-state index contributed by atoms with van der Waals surface area (Å²) in [5.74, 6) is 0. The summed E-state index contributed by atoms with van der Waals surface area (Å²) in [6.07, 6.45) is 8.49. The van der Waals surface area contributed by atoms with E-state index in [0.717, 1.165) is 0 Å². The SMILES string of the molecule is CC1CCN(C2(C)CCCCC2)CCN1. The van der Waals surface area contributed by atoms with Gasteiger partial charge in [-0.2, -0.15) is 0 Å². The molecule has 1 saturated carbocycles. The summed E-state index contributed by atoms with van der Waals surface area (Å²) in [5, 5.41) is 3.59. The van der Waals surface area contributed by atoms with Crippen LogP contribution in [0.15, 0.2) is 0 Å². The summed E-state index contributed by atoms with van der Waals surface area (Å²) in [4.78, 5) is 2.75. The quantitative estimate of drug-likeness (QED) is 0.715. The van der Waals surface area contributed by atoms with Crippen LogP contribution in [0.2, 0.25) is 0 Å². The normalized spacial score (nSPS) is 33.6. The Morgan fingerprint density at radius 3 is 2.60 bits per heavy atom. The summed E-state index contributed by atoms with van der Waals surface area (Å²) in [6.45, 7) is 8.52. The molecule has 0 aromatic rings. The lowest BCUT2D eigenvalue weighted by Crippen LogP contribution is -2.49. The minimum absolute atomic E-state index is 0.518. The molecule has 1 saturated heterocycles. The minimum Gasteiger partial charge on any atom is -0.313 e. The van der Waals surface area contributed by atoms with Crippen LogP contribution in [0.1, 0.15) is 52.4 Å². The van der Waals surface area contributed by atoms with Gasteiger partial charge in [0.05, 0.1) is 0 Å². The molecular formula is C13H26N2. The molecule has 1 N–H and O–H groups in total. The molecule has 0 amide bonds. The Hall–Kier alpha value is -0.0800. The maximum Gasteiger partial charge on any atom is 0.0182 e. The Kier molecular flexibility index (Phi) is 3.68. The number of nitrogens with zero attached hydrogens (tertiary/aromatic N) is 1. The van der Waals surface area contributed by atoms with Gasteiger partial charge >= 0.3 is 0 Å². The third-order valence-corrected chi connectivity index (χ3v) is 4.40. The smallest absolute Gasteiger partial charge is 0.0182 e. The van der Waals surface area contributed by atoms with Crippen LogP contribution in [-0.4, -0.2) is 36.1 Å². The van der Waals surface area contributed by atoms with Gasteiger partial charge in [-0.15, -0.1) is 0 Å². The van der Waals surface area contributed by atoms with E-state index in [1.165, 1.54) is 58.2 Å². The minimum atomic E-state index is 0.518. The van der Waals surface area contributed by atoms with Gasteiger partial charge in [0.1, 0.15) is 0 Å². The Morgan fingerprint density at radius 2 is 1.87 bits per heavy atom. The molecule has 2 rings (SSSR count). The van der Waals surface area contributed by atoms with Crippen molar-refractivity contribution in [1.82, 2.24) is 10.2 Å². The van der Waals surface area contributed by atoms with Gasteiger partial charge < -0.3 is 5.32 Å². The molecule has 1 aliphatic carbocycles. The highest BCUT2D eigenvalue weighted by Gasteiger charge is 2.33. The highest BCUT2D eigenvalue weighted by atomic mass is 15.2. The Bertz CT molecular complexity index is 197. The maximum absolute atomic E-state index is 3.59. The van der Waals surface area contributed by atoms with Crippen LogP contribution in [0, 0.1) is 0 Å². The molecule has 0 spiro atoms. The molecule has 1 aliphatic heterocycles. The van der Waals surface area contributed by atoms with E-state index in [2.05, 4.69) is 24.1 Å². The average Bonchev–Trinajstić information content (AvgIpc) is 2.44. The number of rotatable bonds is 1. The van der Waals surface area contributed by atoms with Crippen LogP contribution in [0.3, 0.4) is 0 Å². The molecule has 0 radical (unpaired) electrons. The van der Waals surface area contributed by atoms with Crippen molar-refractivity contribution in [2.75, 3.05) is 19.6 Å².